The Bertz CT molecular complexity index is 1010. The number of phenolic OH excluding ortho intramolecular Hbond substituents is 1. The second kappa shape index (κ2) is 7.10. The Kier molecular flexibility index (Phi) is 4.64. The van der Waals surface area contributed by atoms with Crippen molar-refractivity contribution in [2.75, 3.05) is 5.32 Å². The highest BCUT2D eigenvalue weighted by atomic mass is 35.5. The van der Waals surface area contributed by atoms with E-state index >= 15 is 0 Å². The molecule has 0 saturated heterocycles. The van der Waals surface area contributed by atoms with E-state index < -0.39 is 6.17 Å². The number of carbonyl (C=O) groups excluding carboxylic acids is 1. The quantitative estimate of drug-likeness (QED) is 0.659. The fourth-order valence-corrected chi connectivity index (χ4v) is 3.69. The molecule has 136 valence electrons. The van der Waals surface area contributed by atoms with Gasteiger partial charge in [0.05, 0.1) is 10.6 Å². The first-order chi connectivity index (χ1) is 13.0. The van der Waals surface area contributed by atoms with Gasteiger partial charge in [0.1, 0.15) is 11.9 Å². The number of aromatic nitrogens is 1. The van der Waals surface area contributed by atoms with Crippen molar-refractivity contribution < 1.29 is 9.90 Å². The number of hydrogen-bond acceptors (Lipinski definition) is 4. The van der Waals surface area contributed by atoms with E-state index in [0.717, 1.165) is 5.56 Å². The lowest BCUT2D eigenvalue weighted by Gasteiger charge is -2.38. The number of phenols is 1. The summed E-state index contributed by atoms with van der Waals surface area (Å²) in [5, 5.41) is 14.3. The van der Waals surface area contributed by atoms with Gasteiger partial charge in [0.2, 0.25) is 0 Å². The van der Waals surface area contributed by atoms with Gasteiger partial charge in [0.15, 0.2) is 0 Å². The van der Waals surface area contributed by atoms with Crippen molar-refractivity contribution in [2.45, 2.75) is 12.7 Å². The number of carbonyl (C=O) groups is 1. The summed E-state index contributed by atoms with van der Waals surface area (Å²) in [4.78, 5) is 18.9. The third-order valence-electron chi connectivity index (χ3n) is 4.45. The molecule has 5 nitrogen and oxygen atoms in total. The molecule has 1 aliphatic rings. The predicted octanol–water partition coefficient (Wildman–Crippen LogP) is 4.86. The van der Waals surface area contributed by atoms with E-state index in [4.69, 9.17) is 23.2 Å². The Morgan fingerprint density at radius 3 is 2.74 bits per heavy atom. The van der Waals surface area contributed by atoms with Crippen molar-refractivity contribution in [1.82, 2.24) is 9.88 Å². The topological polar surface area (TPSA) is 65.5 Å². The molecule has 7 heteroatoms. The van der Waals surface area contributed by atoms with E-state index in [2.05, 4.69) is 10.3 Å². The normalized spacial score (nSPS) is 16.0. The smallest absolute Gasteiger partial charge is 0.258 e. The summed E-state index contributed by atoms with van der Waals surface area (Å²) in [6, 6.07) is 14.0. The van der Waals surface area contributed by atoms with Crippen LogP contribution in [-0.2, 0) is 6.54 Å². The average Bonchev–Trinajstić information content (AvgIpc) is 2.68. The van der Waals surface area contributed by atoms with Crippen LogP contribution in [0.2, 0.25) is 10.0 Å². The number of amides is 1. The summed E-state index contributed by atoms with van der Waals surface area (Å²) in [7, 11) is 0. The molecule has 0 unspecified atom stereocenters. The predicted molar refractivity (Wildman–Crippen MR) is 105 cm³/mol. The molecule has 2 aromatic carbocycles. The van der Waals surface area contributed by atoms with Gasteiger partial charge in [0, 0.05) is 35.2 Å². The minimum absolute atomic E-state index is 0.109. The van der Waals surface area contributed by atoms with Crippen LogP contribution in [0.3, 0.4) is 0 Å². The summed E-state index contributed by atoms with van der Waals surface area (Å²) in [5.41, 5.74) is 2.54. The number of benzene rings is 2. The molecule has 2 N–H and O–H groups in total. The molecule has 0 spiro atoms. The summed E-state index contributed by atoms with van der Waals surface area (Å²) in [6.45, 7) is 0.308. The van der Waals surface area contributed by atoms with Crippen LogP contribution in [0.1, 0.15) is 27.7 Å². The first kappa shape index (κ1) is 17.6. The van der Waals surface area contributed by atoms with Crippen LogP contribution in [0, 0.1) is 0 Å². The van der Waals surface area contributed by atoms with E-state index in [1.54, 1.807) is 29.4 Å². The number of anilines is 1. The van der Waals surface area contributed by atoms with Crippen LogP contribution >= 0.6 is 23.2 Å². The van der Waals surface area contributed by atoms with Crippen LogP contribution in [-0.4, -0.2) is 20.9 Å². The molecule has 2 heterocycles. The Hall–Kier alpha value is -2.76. The third kappa shape index (κ3) is 3.31. The van der Waals surface area contributed by atoms with Crippen molar-refractivity contribution in [3.8, 4) is 5.75 Å². The van der Waals surface area contributed by atoms with Gasteiger partial charge in [-0.2, -0.15) is 0 Å². The molecular weight excluding hydrogens is 385 g/mol. The standard InChI is InChI=1S/C20H15Cl2N3O2/c21-13-8-15(18(26)16(22)9-13)19-24-17-6-2-1-5-14(17)20(27)25(19)11-12-4-3-7-23-10-12/h1-10,19,24,26H,11H2/t19-/m1/s1. The minimum Gasteiger partial charge on any atom is -0.506 e. The number of fused-ring (bicyclic) bond motifs is 1. The Morgan fingerprint density at radius 2 is 1.96 bits per heavy atom. The number of rotatable bonds is 3. The monoisotopic (exact) mass is 399 g/mol. The zero-order chi connectivity index (χ0) is 19.0. The van der Waals surface area contributed by atoms with E-state index in [1.807, 2.05) is 30.3 Å². The summed E-state index contributed by atoms with van der Waals surface area (Å²) in [5.74, 6) is -0.268. The number of nitrogens with zero attached hydrogens (tertiary/aromatic N) is 2. The number of hydrogen-bond donors (Lipinski definition) is 2. The Labute approximate surface area is 166 Å². The lowest BCUT2D eigenvalue weighted by atomic mass is 10.0. The minimum atomic E-state index is -0.635. The molecule has 1 atom stereocenters. The van der Waals surface area contributed by atoms with Crippen molar-refractivity contribution in [3.05, 3.63) is 87.7 Å². The van der Waals surface area contributed by atoms with E-state index in [0.29, 0.717) is 28.4 Å². The highest BCUT2D eigenvalue weighted by Gasteiger charge is 2.34. The largest absolute Gasteiger partial charge is 0.506 e. The summed E-state index contributed by atoms with van der Waals surface area (Å²) in [6.07, 6.45) is 2.74. The second-order valence-corrected chi connectivity index (χ2v) is 7.06. The SMILES string of the molecule is O=C1c2ccccc2N[C@@H](c2cc(Cl)cc(Cl)c2O)N1Cc1cccnc1. The van der Waals surface area contributed by atoms with Gasteiger partial charge in [-0.3, -0.25) is 9.78 Å². The van der Waals surface area contributed by atoms with Gasteiger partial charge in [-0.15, -0.1) is 0 Å². The molecule has 0 fully saturated rings. The second-order valence-electron chi connectivity index (χ2n) is 6.21. The molecule has 0 aliphatic carbocycles. The molecule has 4 rings (SSSR count). The maximum Gasteiger partial charge on any atom is 0.258 e. The van der Waals surface area contributed by atoms with Crippen molar-refractivity contribution in [1.29, 1.82) is 0 Å². The van der Waals surface area contributed by atoms with Gasteiger partial charge >= 0.3 is 0 Å². The molecule has 0 bridgehead atoms. The molecule has 1 aromatic heterocycles. The van der Waals surface area contributed by atoms with Crippen LogP contribution in [0.5, 0.6) is 5.75 Å². The zero-order valence-corrected chi connectivity index (χ0v) is 15.6. The zero-order valence-electron chi connectivity index (χ0n) is 14.1. The van der Waals surface area contributed by atoms with Crippen LogP contribution in [0.15, 0.2) is 60.9 Å². The van der Waals surface area contributed by atoms with Crippen molar-refractivity contribution >= 4 is 34.8 Å². The molecular formula is C20H15Cl2N3O2. The molecule has 1 aliphatic heterocycles. The highest BCUT2D eigenvalue weighted by molar-refractivity contribution is 6.35. The fourth-order valence-electron chi connectivity index (χ4n) is 3.18. The third-order valence-corrected chi connectivity index (χ3v) is 4.96. The fraction of sp³-hybridized carbons (Fsp3) is 0.100. The number of pyridine rings is 1. The maximum absolute atomic E-state index is 13.2. The number of para-hydroxylation sites is 1. The van der Waals surface area contributed by atoms with Gasteiger partial charge in [-0.05, 0) is 35.9 Å². The van der Waals surface area contributed by atoms with E-state index in [-0.39, 0.29) is 16.7 Å². The number of nitrogens with one attached hydrogen (secondary N) is 1. The van der Waals surface area contributed by atoms with E-state index in [9.17, 15) is 9.90 Å². The molecule has 1 amide bonds. The lowest BCUT2D eigenvalue weighted by molar-refractivity contribution is 0.0664. The Morgan fingerprint density at radius 1 is 1.15 bits per heavy atom. The number of aromatic hydroxyl groups is 1. The van der Waals surface area contributed by atoms with Crippen LogP contribution in [0.4, 0.5) is 5.69 Å². The van der Waals surface area contributed by atoms with Gasteiger partial charge < -0.3 is 15.3 Å². The van der Waals surface area contributed by atoms with Gasteiger partial charge in [-0.25, -0.2) is 0 Å². The van der Waals surface area contributed by atoms with Crippen molar-refractivity contribution in [3.63, 3.8) is 0 Å². The van der Waals surface area contributed by atoms with Crippen molar-refractivity contribution in [2.24, 2.45) is 0 Å². The first-order valence-corrected chi connectivity index (χ1v) is 9.03. The highest BCUT2D eigenvalue weighted by Crippen LogP contribution is 2.41. The number of halogens is 2. The van der Waals surface area contributed by atoms with Gasteiger partial charge in [0.25, 0.3) is 5.91 Å². The maximum atomic E-state index is 13.2. The summed E-state index contributed by atoms with van der Waals surface area (Å²) >= 11 is 12.3. The average molecular weight is 400 g/mol. The van der Waals surface area contributed by atoms with Crippen LogP contribution in [0.25, 0.3) is 0 Å². The molecule has 0 saturated carbocycles. The van der Waals surface area contributed by atoms with Crippen LogP contribution < -0.4 is 5.32 Å². The van der Waals surface area contributed by atoms with E-state index in [1.165, 1.54) is 6.07 Å². The Balaban J connectivity index is 1.83. The summed E-state index contributed by atoms with van der Waals surface area (Å²) < 4.78 is 0. The lowest BCUT2D eigenvalue weighted by Crippen LogP contribution is -2.42. The first-order valence-electron chi connectivity index (χ1n) is 8.28. The van der Waals surface area contributed by atoms with Gasteiger partial charge in [-0.1, -0.05) is 41.4 Å². The molecule has 27 heavy (non-hydrogen) atoms. The molecule has 3 aromatic rings. The molecule has 0 radical (unpaired) electrons.